The first-order valence-electron chi connectivity index (χ1n) is 9.56. The number of aromatic hydroxyl groups is 1. The number of carbonyl (C=O) groups is 1. The highest BCUT2D eigenvalue weighted by molar-refractivity contribution is 7.89. The predicted molar refractivity (Wildman–Crippen MR) is 120 cm³/mol. The molecule has 0 radical (unpaired) electrons. The first-order chi connectivity index (χ1) is 14.8. The zero-order chi connectivity index (χ0) is 22.2. The van der Waals surface area contributed by atoms with Gasteiger partial charge in [0.25, 0.3) is 5.91 Å². The van der Waals surface area contributed by atoms with Crippen molar-refractivity contribution < 1.29 is 18.3 Å². The normalized spacial score (nSPS) is 15.2. The van der Waals surface area contributed by atoms with Crippen molar-refractivity contribution in [3.63, 3.8) is 0 Å². The van der Waals surface area contributed by atoms with Crippen LogP contribution in [0.15, 0.2) is 52.7 Å². The fourth-order valence-corrected chi connectivity index (χ4v) is 5.87. The Kier molecular flexibility index (Phi) is 6.02. The summed E-state index contributed by atoms with van der Waals surface area (Å²) in [4.78, 5) is 18.8. The van der Waals surface area contributed by atoms with Gasteiger partial charge in [0, 0.05) is 42.1 Å². The van der Waals surface area contributed by atoms with Gasteiger partial charge in [0.2, 0.25) is 10.0 Å². The minimum Gasteiger partial charge on any atom is -0.507 e. The molecule has 1 N–H and O–H groups in total. The molecule has 162 valence electrons. The summed E-state index contributed by atoms with van der Waals surface area (Å²) in [7, 11) is -3.84. The molecule has 0 spiro atoms. The number of halogens is 1. The molecule has 1 fully saturated rings. The van der Waals surface area contributed by atoms with E-state index in [1.165, 1.54) is 27.8 Å². The summed E-state index contributed by atoms with van der Waals surface area (Å²) in [6.07, 6.45) is 0. The van der Waals surface area contributed by atoms with Crippen LogP contribution in [-0.2, 0) is 10.0 Å². The molecular formula is C21H20ClN3O4S2. The molecule has 0 bridgehead atoms. The first kappa shape index (κ1) is 21.8. The van der Waals surface area contributed by atoms with Gasteiger partial charge in [-0.25, -0.2) is 13.4 Å². The molecule has 1 amide bonds. The maximum Gasteiger partial charge on any atom is 0.273 e. The fraction of sp³-hybridized carbons (Fsp3) is 0.238. The largest absolute Gasteiger partial charge is 0.507 e. The van der Waals surface area contributed by atoms with Gasteiger partial charge in [0.1, 0.15) is 21.3 Å². The fourth-order valence-electron chi connectivity index (χ4n) is 3.36. The van der Waals surface area contributed by atoms with Crippen LogP contribution in [0, 0.1) is 6.92 Å². The number of piperazine rings is 1. The van der Waals surface area contributed by atoms with Crippen LogP contribution in [0.1, 0.15) is 16.1 Å². The monoisotopic (exact) mass is 477 g/mol. The van der Waals surface area contributed by atoms with E-state index in [0.29, 0.717) is 10.7 Å². The standard InChI is InChI=1S/C21H20ClN3O4S2/c1-14-2-7-18(26)19(12-14)31(28,29)25-10-8-24(9-11-25)21(27)17-13-30-20(23-17)15-3-5-16(22)6-4-15/h2-7,12-13,26H,8-11H2,1H3. The minimum atomic E-state index is -3.84. The number of carbonyl (C=O) groups excluding carboxylic acids is 1. The lowest BCUT2D eigenvalue weighted by Crippen LogP contribution is -2.50. The maximum absolute atomic E-state index is 12.9. The number of phenolic OH excluding ortho intramolecular Hbond substituents is 1. The van der Waals surface area contributed by atoms with Gasteiger partial charge in [-0.3, -0.25) is 4.79 Å². The zero-order valence-electron chi connectivity index (χ0n) is 16.7. The summed E-state index contributed by atoms with van der Waals surface area (Å²) in [5, 5.41) is 13.1. The second kappa shape index (κ2) is 8.58. The number of aryl methyl sites for hydroxylation is 1. The van der Waals surface area contributed by atoms with Gasteiger partial charge in [-0.2, -0.15) is 4.31 Å². The molecule has 4 rings (SSSR count). The van der Waals surface area contributed by atoms with Gasteiger partial charge < -0.3 is 10.0 Å². The highest BCUT2D eigenvalue weighted by atomic mass is 35.5. The summed E-state index contributed by atoms with van der Waals surface area (Å²) in [6, 6.07) is 11.7. The van der Waals surface area contributed by atoms with Crippen LogP contribution in [0.2, 0.25) is 5.02 Å². The molecule has 1 aliphatic heterocycles. The molecule has 1 saturated heterocycles. The molecule has 0 aliphatic carbocycles. The number of aromatic nitrogens is 1. The maximum atomic E-state index is 12.9. The van der Waals surface area contributed by atoms with E-state index in [-0.39, 0.29) is 42.7 Å². The Bertz CT molecular complexity index is 1220. The number of sulfonamides is 1. The highest BCUT2D eigenvalue weighted by Crippen LogP contribution is 2.28. The Balaban J connectivity index is 1.45. The Morgan fingerprint density at radius 2 is 1.77 bits per heavy atom. The van der Waals surface area contributed by atoms with E-state index in [9.17, 15) is 18.3 Å². The van der Waals surface area contributed by atoms with Crippen LogP contribution in [0.3, 0.4) is 0 Å². The van der Waals surface area contributed by atoms with Crippen molar-refractivity contribution >= 4 is 38.9 Å². The lowest BCUT2D eigenvalue weighted by atomic mass is 10.2. The van der Waals surface area contributed by atoms with Crippen molar-refractivity contribution in [2.45, 2.75) is 11.8 Å². The average Bonchev–Trinajstić information content (AvgIpc) is 3.25. The van der Waals surface area contributed by atoms with E-state index < -0.39 is 10.0 Å². The van der Waals surface area contributed by atoms with Gasteiger partial charge in [-0.05, 0) is 36.8 Å². The number of hydrogen-bond donors (Lipinski definition) is 1. The van der Waals surface area contributed by atoms with Crippen molar-refractivity contribution in [1.82, 2.24) is 14.2 Å². The van der Waals surface area contributed by atoms with Crippen molar-refractivity contribution in [2.75, 3.05) is 26.2 Å². The molecule has 10 heteroatoms. The Morgan fingerprint density at radius 3 is 2.45 bits per heavy atom. The third kappa shape index (κ3) is 4.45. The number of benzene rings is 2. The second-order valence-corrected chi connectivity index (χ2v) is 10.4. The summed E-state index contributed by atoms with van der Waals surface area (Å²) < 4.78 is 27.2. The van der Waals surface area contributed by atoms with Gasteiger partial charge in [-0.15, -0.1) is 11.3 Å². The quantitative estimate of drug-likeness (QED) is 0.619. The molecule has 1 aliphatic rings. The van der Waals surface area contributed by atoms with Crippen molar-refractivity contribution in [3.8, 4) is 16.3 Å². The molecule has 2 heterocycles. The predicted octanol–water partition coefficient (Wildman–Crippen LogP) is 3.62. The third-order valence-electron chi connectivity index (χ3n) is 5.07. The number of phenols is 1. The average molecular weight is 478 g/mol. The van der Waals surface area contributed by atoms with E-state index in [0.717, 1.165) is 16.1 Å². The topological polar surface area (TPSA) is 90.8 Å². The molecule has 0 atom stereocenters. The number of amides is 1. The smallest absolute Gasteiger partial charge is 0.273 e. The summed E-state index contributed by atoms with van der Waals surface area (Å²) >= 11 is 7.29. The van der Waals surface area contributed by atoms with Gasteiger partial charge >= 0.3 is 0 Å². The number of thiazole rings is 1. The van der Waals surface area contributed by atoms with Crippen molar-refractivity contribution in [2.24, 2.45) is 0 Å². The van der Waals surface area contributed by atoms with Crippen LogP contribution in [0.25, 0.3) is 10.6 Å². The molecule has 3 aromatic rings. The molecule has 2 aromatic carbocycles. The molecule has 0 saturated carbocycles. The SMILES string of the molecule is Cc1ccc(O)c(S(=O)(=O)N2CCN(C(=O)c3csc(-c4ccc(Cl)cc4)n3)CC2)c1. The van der Waals surface area contributed by atoms with Gasteiger partial charge in [-0.1, -0.05) is 29.8 Å². The summed E-state index contributed by atoms with van der Waals surface area (Å²) in [6.45, 7) is 2.56. The van der Waals surface area contributed by atoms with Crippen LogP contribution < -0.4 is 0 Å². The molecule has 0 unspecified atom stereocenters. The van der Waals surface area contributed by atoms with Crippen LogP contribution in [0.5, 0.6) is 5.75 Å². The third-order valence-corrected chi connectivity index (χ3v) is 8.14. The van der Waals surface area contributed by atoms with E-state index in [1.54, 1.807) is 35.4 Å². The second-order valence-electron chi connectivity index (χ2n) is 7.21. The van der Waals surface area contributed by atoms with E-state index in [4.69, 9.17) is 11.6 Å². The Morgan fingerprint density at radius 1 is 1.10 bits per heavy atom. The van der Waals surface area contributed by atoms with Crippen LogP contribution >= 0.6 is 22.9 Å². The number of hydrogen-bond acceptors (Lipinski definition) is 6. The lowest BCUT2D eigenvalue weighted by Gasteiger charge is -2.33. The van der Waals surface area contributed by atoms with Gasteiger partial charge in [0.15, 0.2) is 0 Å². The van der Waals surface area contributed by atoms with Gasteiger partial charge in [0.05, 0.1) is 0 Å². The Labute approximate surface area is 189 Å². The van der Waals surface area contributed by atoms with Crippen LogP contribution in [-0.4, -0.2) is 59.8 Å². The number of nitrogens with zero attached hydrogens (tertiary/aromatic N) is 3. The minimum absolute atomic E-state index is 0.112. The summed E-state index contributed by atoms with van der Waals surface area (Å²) in [5.41, 5.74) is 1.95. The number of rotatable bonds is 4. The van der Waals surface area contributed by atoms with E-state index in [2.05, 4.69) is 4.98 Å². The van der Waals surface area contributed by atoms with Crippen molar-refractivity contribution in [1.29, 1.82) is 0 Å². The summed E-state index contributed by atoms with van der Waals surface area (Å²) in [5.74, 6) is -0.506. The van der Waals surface area contributed by atoms with E-state index >= 15 is 0 Å². The Hall–Kier alpha value is -2.46. The molecular weight excluding hydrogens is 458 g/mol. The lowest BCUT2D eigenvalue weighted by molar-refractivity contribution is 0.0692. The molecule has 1 aromatic heterocycles. The zero-order valence-corrected chi connectivity index (χ0v) is 19.0. The van der Waals surface area contributed by atoms with E-state index in [1.807, 2.05) is 12.1 Å². The molecule has 7 nitrogen and oxygen atoms in total. The first-order valence-corrected chi connectivity index (χ1v) is 12.3. The van der Waals surface area contributed by atoms with Crippen molar-refractivity contribution in [3.05, 3.63) is 64.1 Å². The van der Waals surface area contributed by atoms with Crippen LogP contribution in [0.4, 0.5) is 0 Å². The molecule has 31 heavy (non-hydrogen) atoms. The highest BCUT2D eigenvalue weighted by Gasteiger charge is 2.32.